The Bertz CT molecular complexity index is 737. The van der Waals surface area contributed by atoms with Crippen LogP contribution in [0.1, 0.15) is 11.3 Å². The predicted molar refractivity (Wildman–Crippen MR) is 104 cm³/mol. The van der Waals surface area contributed by atoms with Crippen molar-refractivity contribution < 1.29 is 4.74 Å². The molecule has 1 aliphatic rings. The molecule has 0 spiro atoms. The maximum atomic E-state index is 5.58. The quantitative estimate of drug-likeness (QED) is 0.845. The van der Waals surface area contributed by atoms with Gasteiger partial charge < -0.3 is 15.0 Å². The van der Waals surface area contributed by atoms with Crippen LogP contribution in [0, 0.1) is 6.92 Å². The van der Waals surface area contributed by atoms with Gasteiger partial charge in [0.2, 0.25) is 0 Å². The van der Waals surface area contributed by atoms with Crippen molar-refractivity contribution in [2.24, 2.45) is 7.05 Å². The van der Waals surface area contributed by atoms with Crippen LogP contribution in [0.4, 0.5) is 5.69 Å². The summed E-state index contributed by atoms with van der Waals surface area (Å²) in [7, 11) is 3.65. The highest BCUT2D eigenvalue weighted by Gasteiger charge is 2.20. The Morgan fingerprint density at radius 3 is 2.60 bits per heavy atom. The van der Waals surface area contributed by atoms with Crippen LogP contribution >= 0.6 is 12.2 Å². The second-order valence-corrected chi connectivity index (χ2v) is 6.66. The van der Waals surface area contributed by atoms with Crippen molar-refractivity contribution in [2.75, 3.05) is 38.6 Å². The first-order valence-corrected chi connectivity index (χ1v) is 8.88. The lowest BCUT2D eigenvalue weighted by atomic mass is 10.2. The summed E-state index contributed by atoms with van der Waals surface area (Å²) in [6.45, 7) is 6.87. The van der Waals surface area contributed by atoms with Gasteiger partial charge in [-0.25, -0.2) is 0 Å². The maximum absolute atomic E-state index is 5.58. The van der Waals surface area contributed by atoms with E-state index in [2.05, 4.69) is 27.1 Å². The molecule has 0 saturated carbocycles. The molecular formula is C18H25N5OS. The van der Waals surface area contributed by atoms with E-state index in [1.54, 1.807) is 7.11 Å². The number of thiocarbonyl (C=S) groups is 1. The van der Waals surface area contributed by atoms with Gasteiger partial charge in [0.25, 0.3) is 0 Å². The van der Waals surface area contributed by atoms with E-state index in [1.807, 2.05) is 42.2 Å². The Balaban J connectivity index is 1.53. The average Bonchev–Trinajstić information content (AvgIpc) is 2.95. The van der Waals surface area contributed by atoms with E-state index in [4.69, 9.17) is 17.0 Å². The van der Waals surface area contributed by atoms with Gasteiger partial charge in [-0.3, -0.25) is 9.58 Å². The first-order chi connectivity index (χ1) is 12.1. The van der Waals surface area contributed by atoms with Gasteiger partial charge in [0.15, 0.2) is 5.11 Å². The van der Waals surface area contributed by atoms with E-state index < -0.39 is 0 Å². The van der Waals surface area contributed by atoms with Crippen LogP contribution < -0.4 is 10.1 Å². The number of aromatic nitrogens is 2. The van der Waals surface area contributed by atoms with Crippen molar-refractivity contribution >= 4 is 23.0 Å². The van der Waals surface area contributed by atoms with Gasteiger partial charge >= 0.3 is 0 Å². The first-order valence-electron chi connectivity index (χ1n) is 8.47. The van der Waals surface area contributed by atoms with Crippen molar-refractivity contribution in [1.29, 1.82) is 0 Å². The molecule has 0 bridgehead atoms. The average molecular weight is 359 g/mol. The second kappa shape index (κ2) is 7.84. The molecule has 25 heavy (non-hydrogen) atoms. The first kappa shape index (κ1) is 17.7. The fourth-order valence-corrected chi connectivity index (χ4v) is 3.28. The van der Waals surface area contributed by atoms with Gasteiger partial charge in [0, 0.05) is 51.0 Å². The van der Waals surface area contributed by atoms with Crippen molar-refractivity contribution in [3.8, 4) is 5.75 Å². The largest absolute Gasteiger partial charge is 0.495 e. The molecule has 2 aromatic rings. The third kappa shape index (κ3) is 4.11. The molecule has 1 N–H and O–H groups in total. The zero-order valence-electron chi connectivity index (χ0n) is 15.0. The Hall–Kier alpha value is -2.12. The Morgan fingerprint density at radius 2 is 1.96 bits per heavy atom. The highest BCUT2D eigenvalue weighted by molar-refractivity contribution is 7.80. The summed E-state index contributed by atoms with van der Waals surface area (Å²) in [6, 6.07) is 7.83. The zero-order chi connectivity index (χ0) is 17.8. The van der Waals surface area contributed by atoms with Crippen molar-refractivity contribution in [3.05, 3.63) is 41.7 Å². The number of para-hydroxylation sites is 2. The van der Waals surface area contributed by atoms with Gasteiger partial charge in [0.05, 0.1) is 19.0 Å². The van der Waals surface area contributed by atoms with E-state index in [-0.39, 0.29) is 0 Å². The van der Waals surface area contributed by atoms with E-state index in [0.29, 0.717) is 0 Å². The third-order valence-corrected chi connectivity index (χ3v) is 5.10. The van der Waals surface area contributed by atoms with Crippen LogP contribution in [0.25, 0.3) is 0 Å². The van der Waals surface area contributed by atoms with Gasteiger partial charge in [0.1, 0.15) is 5.75 Å². The minimum absolute atomic E-state index is 0.752. The molecule has 0 unspecified atom stereocenters. The van der Waals surface area contributed by atoms with Crippen LogP contribution in [0.3, 0.4) is 0 Å². The van der Waals surface area contributed by atoms with Gasteiger partial charge in [-0.2, -0.15) is 5.10 Å². The Morgan fingerprint density at radius 1 is 1.24 bits per heavy atom. The Labute approximate surface area is 154 Å². The summed E-state index contributed by atoms with van der Waals surface area (Å²) in [4.78, 5) is 4.67. The summed E-state index contributed by atoms with van der Waals surface area (Å²) in [5.74, 6) is 0.801. The third-order valence-electron chi connectivity index (χ3n) is 4.74. The number of nitrogens with zero attached hydrogens (tertiary/aromatic N) is 4. The molecule has 1 saturated heterocycles. The maximum Gasteiger partial charge on any atom is 0.173 e. The Kier molecular flexibility index (Phi) is 5.55. The molecule has 2 heterocycles. The van der Waals surface area contributed by atoms with Crippen molar-refractivity contribution in [2.45, 2.75) is 13.5 Å². The van der Waals surface area contributed by atoms with Crippen LogP contribution in [-0.2, 0) is 13.6 Å². The fraction of sp³-hybridized carbons (Fsp3) is 0.444. The van der Waals surface area contributed by atoms with E-state index in [1.165, 1.54) is 11.3 Å². The van der Waals surface area contributed by atoms with Crippen LogP contribution in [0.5, 0.6) is 5.75 Å². The minimum Gasteiger partial charge on any atom is -0.495 e. The smallest absolute Gasteiger partial charge is 0.173 e. The number of piperazine rings is 1. The monoisotopic (exact) mass is 359 g/mol. The zero-order valence-corrected chi connectivity index (χ0v) is 15.8. The molecule has 134 valence electrons. The van der Waals surface area contributed by atoms with Gasteiger partial charge in [-0.15, -0.1) is 0 Å². The lowest BCUT2D eigenvalue weighted by molar-refractivity contribution is 0.176. The summed E-state index contributed by atoms with van der Waals surface area (Å²) in [6.07, 6.45) is 1.97. The number of ether oxygens (including phenoxy) is 1. The molecule has 1 aromatic heterocycles. The van der Waals surface area contributed by atoms with E-state index in [9.17, 15) is 0 Å². The SMILES string of the molecule is COc1ccccc1NC(=S)N1CCN(Cc2cnn(C)c2C)CC1. The molecule has 0 aliphatic carbocycles. The van der Waals surface area contributed by atoms with Gasteiger partial charge in [-0.05, 0) is 31.3 Å². The fourth-order valence-electron chi connectivity index (χ4n) is 2.99. The number of anilines is 1. The van der Waals surface area contributed by atoms with Gasteiger partial charge in [-0.1, -0.05) is 12.1 Å². The molecule has 0 atom stereocenters. The van der Waals surface area contributed by atoms with E-state index in [0.717, 1.165) is 49.3 Å². The summed E-state index contributed by atoms with van der Waals surface area (Å²) in [5, 5.41) is 8.39. The number of methoxy groups -OCH3 is 1. The van der Waals surface area contributed by atoms with E-state index >= 15 is 0 Å². The highest BCUT2D eigenvalue weighted by atomic mass is 32.1. The number of benzene rings is 1. The van der Waals surface area contributed by atoms with Crippen LogP contribution in [0.2, 0.25) is 0 Å². The lowest BCUT2D eigenvalue weighted by Gasteiger charge is -2.36. The normalized spacial score (nSPS) is 15.2. The molecule has 1 fully saturated rings. The number of aryl methyl sites for hydroxylation is 1. The molecule has 0 amide bonds. The molecular weight excluding hydrogens is 334 g/mol. The number of hydrogen-bond acceptors (Lipinski definition) is 4. The predicted octanol–water partition coefficient (Wildman–Crippen LogP) is 2.25. The number of rotatable bonds is 4. The van der Waals surface area contributed by atoms with Crippen LogP contribution in [-0.4, -0.2) is 58.0 Å². The van der Waals surface area contributed by atoms with Crippen LogP contribution in [0.15, 0.2) is 30.5 Å². The van der Waals surface area contributed by atoms with Crippen molar-refractivity contribution in [1.82, 2.24) is 19.6 Å². The molecule has 0 radical (unpaired) electrons. The topological polar surface area (TPSA) is 45.6 Å². The molecule has 1 aliphatic heterocycles. The molecule has 7 heteroatoms. The molecule has 1 aromatic carbocycles. The summed E-state index contributed by atoms with van der Waals surface area (Å²) < 4.78 is 7.30. The highest BCUT2D eigenvalue weighted by Crippen LogP contribution is 2.23. The lowest BCUT2D eigenvalue weighted by Crippen LogP contribution is -2.49. The molecule has 6 nitrogen and oxygen atoms in total. The standard InChI is InChI=1S/C18H25N5OS/c1-14-15(12-19-21(14)2)13-22-8-10-23(11-9-22)18(25)20-16-6-4-5-7-17(16)24-3/h4-7,12H,8-11,13H2,1-3H3,(H,20,25). The second-order valence-electron chi connectivity index (χ2n) is 6.27. The number of hydrogen-bond donors (Lipinski definition) is 1. The molecule has 3 rings (SSSR count). The summed E-state index contributed by atoms with van der Waals surface area (Å²) in [5.41, 5.74) is 3.44. The minimum atomic E-state index is 0.752. The summed E-state index contributed by atoms with van der Waals surface area (Å²) >= 11 is 5.58. The van der Waals surface area contributed by atoms with Crippen molar-refractivity contribution in [3.63, 3.8) is 0 Å². The number of nitrogens with one attached hydrogen (secondary N) is 1.